The van der Waals surface area contributed by atoms with Crippen molar-refractivity contribution in [3.05, 3.63) is 51.0 Å². The fourth-order valence-corrected chi connectivity index (χ4v) is 4.08. The van der Waals surface area contributed by atoms with E-state index < -0.39 is 11.9 Å². The molecule has 144 valence electrons. The van der Waals surface area contributed by atoms with Crippen molar-refractivity contribution in [1.82, 2.24) is 4.98 Å². The number of allylic oxidation sites excluding steroid dienone is 1. The Morgan fingerprint density at radius 1 is 1.33 bits per heavy atom. The molecule has 0 saturated carbocycles. The maximum atomic E-state index is 14.0. The van der Waals surface area contributed by atoms with Crippen LogP contribution in [0.5, 0.6) is 5.75 Å². The summed E-state index contributed by atoms with van der Waals surface area (Å²) in [6, 6.07) is 5.47. The summed E-state index contributed by atoms with van der Waals surface area (Å²) in [5, 5.41) is 9.62. The topological polar surface area (TPSA) is 59.4 Å². The second-order valence-corrected chi connectivity index (χ2v) is 8.05. The molecule has 0 radical (unpaired) electrons. The number of carboxylic acids is 1. The van der Waals surface area contributed by atoms with Gasteiger partial charge in [0.15, 0.2) is 0 Å². The number of hydrogen-bond donors (Lipinski definition) is 1. The molecule has 4 nitrogen and oxygen atoms in total. The standard InChI is InChI=1S/C20H21F2NO3S/c1-12-7-14(4-6-19(24)25)3-5-17(12)26-11-15-8-20(21,22)9-16(15)18-10-23-13(2)27-18/h3,5,7,10H,4,6,8-9,11H2,1-2H3,(H,24,25). The van der Waals surface area contributed by atoms with Gasteiger partial charge in [0.1, 0.15) is 12.4 Å². The molecular weight excluding hydrogens is 372 g/mol. The minimum atomic E-state index is -2.75. The second kappa shape index (κ2) is 7.76. The number of ether oxygens (including phenoxy) is 1. The molecule has 27 heavy (non-hydrogen) atoms. The van der Waals surface area contributed by atoms with Crippen LogP contribution in [0, 0.1) is 13.8 Å². The highest BCUT2D eigenvalue weighted by Gasteiger charge is 2.40. The average Bonchev–Trinajstić information content (AvgIpc) is 3.14. The molecule has 0 spiro atoms. The van der Waals surface area contributed by atoms with Crippen LogP contribution < -0.4 is 4.74 Å². The zero-order chi connectivity index (χ0) is 19.6. The molecule has 0 bridgehead atoms. The van der Waals surface area contributed by atoms with Crippen LogP contribution >= 0.6 is 11.3 Å². The summed E-state index contributed by atoms with van der Waals surface area (Å²) in [4.78, 5) is 15.6. The number of benzene rings is 1. The van der Waals surface area contributed by atoms with Crippen molar-refractivity contribution in [2.24, 2.45) is 0 Å². The van der Waals surface area contributed by atoms with E-state index in [1.54, 1.807) is 12.3 Å². The lowest BCUT2D eigenvalue weighted by Crippen LogP contribution is -2.11. The third-order valence-corrected chi connectivity index (χ3v) is 5.49. The highest BCUT2D eigenvalue weighted by atomic mass is 32.1. The fourth-order valence-electron chi connectivity index (χ4n) is 3.21. The Morgan fingerprint density at radius 2 is 2.11 bits per heavy atom. The molecule has 1 aliphatic rings. The van der Waals surface area contributed by atoms with Crippen molar-refractivity contribution >= 4 is 22.9 Å². The number of thiazole rings is 1. The third-order valence-electron chi connectivity index (χ3n) is 4.52. The highest BCUT2D eigenvalue weighted by Crippen LogP contribution is 2.45. The summed E-state index contributed by atoms with van der Waals surface area (Å²) in [5.41, 5.74) is 3.02. The van der Waals surface area contributed by atoms with Crippen molar-refractivity contribution < 1.29 is 23.4 Å². The molecule has 0 saturated heterocycles. The van der Waals surface area contributed by atoms with Gasteiger partial charge in [-0.15, -0.1) is 11.3 Å². The Labute approximate surface area is 160 Å². The largest absolute Gasteiger partial charge is 0.489 e. The van der Waals surface area contributed by atoms with Crippen LogP contribution in [0.4, 0.5) is 8.78 Å². The summed E-state index contributed by atoms with van der Waals surface area (Å²) >= 11 is 1.42. The lowest BCUT2D eigenvalue weighted by atomic mass is 10.1. The number of alkyl halides is 2. The van der Waals surface area contributed by atoms with E-state index >= 15 is 0 Å². The maximum Gasteiger partial charge on any atom is 0.303 e. The smallest absolute Gasteiger partial charge is 0.303 e. The Balaban J connectivity index is 1.73. The van der Waals surface area contributed by atoms with Crippen molar-refractivity contribution in [3.63, 3.8) is 0 Å². The first-order chi connectivity index (χ1) is 12.7. The zero-order valence-electron chi connectivity index (χ0n) is 15.2. The van der Waals surface area contributed by atoms with Gasteiger partial charge in [0.05, 0.1) is 9.88 Å². The molecule has 0 atom stereocenters. The van der Waals surface area contributed by atoms with Crippen LogP contribution in [0.25, 0.3) is 5.57 Å². The molecule has 0 aliphatic heterocycles. The fraction of sp³-hybridized carbons (Fsp3) is 0.400. The Hall–Kier alpha value is -2.28. The number of carboxylic acid groups (broad SMARTS) is 1. The van der Waals surface area contributed by atoms with Gasteiger partial charge in [-0.3, -0.25) is 4.79 Å². The molecule has 0 fully saturated rings. The molecule has 1 aromatic heterocycles. The first-order valence-corrected chi connectivity index (χ1v) is 9.51. The maximum absolute atomic E-state index is 14.0. The normalized spacial score (nSPS) is 16.0. The minimum absolute atomic E-state index is 0.0687. The highest BCUT2D eigenvalue weighted by molar-refractivity contribution is 7.12. The summed E-state index contributed by atoms with van der Waals surface area (Å²) in [7, 11) is 0. The van der Waals surface area contributed by atoms with E-state index in [0.717, 1.165) is 21.0 Å². The van der Waals surface area contributed by atoms with Gasteiger partial charge in [-0.25, -0.2) is 13.8 Å². The molecule has 1 N–H and O–H groups in total. The van der Waals surface area contributed by atoms with Crippen molar-refractivity contribution in [1.29, 1.82) is 0 Å². The van der Waals surface area contributed by atoms with Crippen molar-refractivity contribution in [3.8, 4) is 5.75 Å². The van der Waals surface area contributed by atoms with Crippen LogP contribution in [0.15, 0.2) is 30.0 Å². The monoisotopic (exact) mass is 393 g/mol. The van der Waals surface area contributed by atoms with Crippen LogP contribution in [0.2, 0.25) is 0 Å². The second-order valence-electron chi connectivity index (χ2n) is 6.82. The number of nitrogens with zero attached hydrogens (tertiary/aromatic N) is 1. The predicted molar refractivity (Wildman–Crippen MR) is 101 cm³/mol. The number of aromatic nitrogens is 1. The average molecular weight is 393 g/mol. The Morgan fingerprint density at radius 3 is 2.74 bits per heavy atom. The van der Waals surface area contributed by atoms with Gasteiger partial charge < -0.3 is 9.84 Å². The van der Waals surface area contributed by atoms with Gasteiger partial charge in [0.2, 0.25) is 0 Å². The van der Waals surface area contributed by atoms with Gasteiger partial charge in [-0.1, -0.05) is 12.1 Å². The summed E-state index contributed by atoms with van der Waals surface area (Å²) in [6.07, 6.45) is 1.59. The number of aliphatic carboxylic acids is 1. The third kappa shape index (κ3) is 4.91. The number of carbonyl (C=O) groups is 1. The van der Waals surface area contributed by atoms with Crippen molar-refractivity contribution in [2.45, 2.75) is 45.5 Å². The summed E-state index contributed by atoms with van der Waals surface area (Å²) in [6.45, 7) is 3.83. The van der Waals surface area contributed by atoms with Gasteiger partial charge >= 0.3 is 5.97 Å². The van der Waals surface area contributed by atoms with Crippen molar-refractivity contribution in [2.75, 3.05) is 6.61 Å². The van der Waals surface area contributed by atoms with Gasteiger partial charge in [-0.2, -0.15) is 0 Å². The zero-order valence-corrected chi connectivity index (χ0v) is 16.0. The quantitative estimate of drug-likeness (QED) is 0.716. The summed E-state index contributed by atoms with van der Waals surface area (Å²) in [5.74, 6) is -2.97. The predicted octanol–water partition coefficient (Wildman–Crippen LogP) is 5.04. The van der Waals surface area contributed by atoms with Gasteiger partial charge in [-0.05, 0) is 48.6 Å². The van der Waals surface area contributed by atoms with E-state index in [2.05, 4.69) is 4.98 Å². The minimum Gasteiger partial charge on any atom is -0.489 e. The lowest BCUT2D eigenvalue weighted by molar-refractivity contribution is -0.136. The van der Waals surface area contributed by atoms with Crippen LogP contribution in [0.3, 0.4) is 0 Å². The SMILES string of the molecule is Cc1ncc(C2=C(COc3ccc(CCC(=O)O)cc3C)CC(F)(F)C2)s1. The molecule has 1 aliphatic carbocycles. The van der Waals surface area contributed by atoms with E-state index in [1.807, 2.05) is 26.0 Å². The van der Waals surface area contributed by atoms with Gasteiger partial charge in [0.25, 0.3) is 5.92 Å². The van der Waals surface area contributed by atoms with Crippen LogP contribution in [-0.4, -0.2) is 28.6 Å². The number of hydrogen-bond acceptors (Lipinski definition) is 4. The Bertz CT molecular complexity index is 889. The van der Waals surface area contributed by atoms with E-state index in [4.69, 9.17) is 9.84 Å². The molecule has 2 aromatic rings. The van der Waals surface area contributed by atoms with E-state index in [9.17, 15) is 13.6 Å². The first-order valence-electron chi connectivity index (χ1n) is 8.69. The van der Waals surface area contributed by atoms with Crippen LogP contribution in [-0.2, 0) is 11.2 Å². The van der Waals surface area contributed by atoms with Crippen LogP contribution in [0.1, 0.15) is 40.3 Å². The first kappa shape index (κ1) is 19.5. The van der Waals surface area contributed by atoms with E-state index in [0.29, 0.717) is 23.3 Å². The molecule has 3 rings (SSSR count). The number of aryl methyl sites for hydroxylation is 3. The van der Waals surface area contributed by atoms with E-state index in [-0.39, 0.29) is 25.9 Å². The lowest BCUT2D eigenvalue weighted by Gasteiger charge is -2.12. The summed E-state index contributed by atoms with van der Waals surface area (Å²) < 4.78 is 33.8. The molecule has 1 heterocycles. The molecule has 1 aromatic carbocycles. The Kier molecular flexibility index (Phi) is 5.60. The number of halogens is 2. The molecular formula is C20H21F2NO3S. The molecule has 7 heteroatoms. The van der Waals surface area contributed by atoms with E-state index in [1.165, 1.54) is 11.3 Å². The van der Waals surface area contributed by atoms with Gasteiger partial charge in [0, 0.05) is 25.5 Å². The number of rotatable bonds is 7. The molecule has 0 amide bonds. The molecule has 0 unspecified atom stereocenters.